The highest BCUT2D eigenvalue weighted by atomic mass is 32.2. The zero-order chi connectivity index (χ0) is 23.5. The number of rotatable bonds is 4. The van der Waals surface area contributed by atoms with Crippen LogP contribution in [0.2, 0.25) is 0 Å². The number of nitrogens with one attached hydrogen (secondary N) is 1. The summed E-state index contributed by atoms with van der Waals surface area (Å²) < 4.78 is 32.5. The van der Waals surface area contributed by atoms with E-state index in [1.807, 2.05) is 19.9 Å². The number of hydrogen-bond donors (Lipinski definition) is 1. The maximum atomic E-state index is 13.1. The maximum Gasteiger partial charge on any atom is 0.270 e. The van der Waals surface area contributed by atoms with Crippen LogP contribution in [0.15, 0.2) is 29.3 Å². The summed E-state index contributed by atoms with van der Waals surface area (Å²) in [4.78, 5) is 31.8. The number of ether oxygens (including phenoxy) is 1. The Morgan fingerprint density at radius 1 is 1.09 bits per heavy atom. The van der Waals surface area contributed by atoms with Gasteiger partial charge in [-0.1, -0.05) is 13.8 Å². The highest BCUT2D eigenvalue weighted by Gasteiger charge is 2.40. The van der Waals surface area contributed by atoms with Gasteiger partial charge in [0.25, 0.3) is 11.8 Å². The third-order valence-corrected chi connectivity index (χ3v) is 8.49. The SMILES string of the molecule is CC(C)C1Oc2c(C3CN(C)C(=O)c4[nH]ccc43)cc(S(=O)(=O)C(C)C)cc2N(C)C1=O. The van der Waals surface area contributed by atoms with Gasteiger partial charge in [0.2, 0.25) is 0 Å². The van der Waals surface area contributed by atoms with Crippen molar-refractivity contribution in [2.75, 3.05) is 25.5 Å². The van der Waals surface area contributed by atoms with E-state index >= 15 is 0 Å². The monoisotopic (exact) mass is 459 g/mol. The van der Waals surface area contributed by atoms with Gasteiger partial charge in [-0.25, -0.2) is 8.42 Å². The number of fused-ring (bicyclic) bond motifs is 2. The fourth-order valence-electron chi connectivity index (χ4n) is 4.36. The van der Waals surface area contributed by atoms with E-state index in [1.54, 1.807) is 45.1 Å². The lowest BCUT2D eigenvalue weighted by atomic mass is 9.86. The number of H-pyrrole nitrogens is 1. The molecule has 1 N–H and O–H groups in total. The van der Waals surface area contributed by atoms with Crippen molar-refractivity contribution in [2.45, 2.75) is 49.9 Å². The van der Waals surface area contributed by atoms with Crippen LogP contribution < -0.4 is 9.64 Å². The van der Waals surface area contributed by atoms with E-state index in [0.29, 0.717) is 29.2 Å². The largest absolute Gasteiger partial charge is 0.478 e. The Labute approximate surface area is 188 Å². The summed E-state index contributed by atoms with van der Waals surface area (Å²) in [5.41, 5.74) is 2.36. The molecule has 1 aromatic heterocycles. The molecule has 0 spiro atoms. The summed E-state index contributed by atoms with van der Waals surface area (Å²) in [6, 6.07) is 5.02. The van der Waals surface area contributed by atoms with E-state index in [-0.39, 0.29) is 28.5 Å². The number of sulfone groups is 1. The minimum absolute atomic E-state index is 0.0662. The number of benzene rings is 1. The van der Waals surface area contributed by atoms with E-state index in [1.165, 1.54) is 11.0 Å². The minimum Gasteiger partial charge on any atom is -0.478 e. The lowest BCUT2D eigenvalue weighted by molar-refractivity contribution is -0.127. The number of aromatic amines is 1. The van der Waals surface area contributed by atoms with Gasteiger partial charge in [0.15, 0.2) is 15.9 Å². The zero-order valence-corrected chi connectivity index (χ0v) is 20.0. The van der Waals surface area contributed by atoms with Crippen molar-refractivity contribution in [3.05, 3.63) is 41.2 Å². The van der Waals surface area contributed by atoms with Crippen LogP contribution >= 0.6 is 0 Å². The van der Waals surface area contributed by atoms with Gasteiger partial charge in [0.05, 0.1) is 15.8 Å². The van der Waals surface area contributed by atoms with Crippen molar-refractivity contribution in [2.24, 2.45) is 5.92 Å². The number of aromatic nitrogens is 1. The fourth-order valence-corrected chi connectivity index (χ4v) is 5.47. The highest BCUT2D eigenvalue weighted by molar-refractivity contribution is 7.92. The van der Waals surface area contributed by atoms with E-state index < -0.39 is 21.2 Å². The van der Waals surface area contributed by atoms with Crippen molar-refractivity contribution < 1.29 is 22.7 Å². The standard InChI is InChI=1S/C23H29N3O5S/c1-12(2)20-23(28)26(6)18-10-14(32(29,30)13(3)4)9-16(21(18)31-20)17-11-25(5)22(27)19-15(17)7-8-24-19/h7-10,12-13,17,20,24H,11H2,1-6H3. The van der Waals surface area contributed by atoms with Crippen LogP contribution in [0.1, 0.15) is 55.2 Å². The molecule has 2 unspecified atom stereocenters. The number of amides is 2. The Bertz CT molecular complexity index is 1200. The lowest BCUT2D eigenvalue weighted by Gasteiger charge is -2.38. The lowest BCUT2D eigenvalue weighted by Crippen LogP contribution is -2.47. The molecule has 2 amide bonds. The molecule has 2 aromatic rings. The predicted molar refractivity (Wildman–Crippen MR) is 121 cm³/mol. The molecule has 0 fully saturated rings. The second-order valence-electron chi connectivity index (χ2n) is 9.18. The smallest absolute Gasteiger partial charge is 0.270 e. The Hall–Kier alpha value is -2.81. The summed E-state index contributed by atoms with van der Waals surface area (Å²) >= 11 is 0. The quantitative estimate of drug-likeness (QED) is 0.758. The van der Waals surface area contributed by atoms with Crippen LogP contribution in [-0.2, 0) is 14.6 Å². The highest BCUT2D eigenvalue weighted by Crippen LogP contribution is 2.46. The molecule has 9 heteroatoms. The van der Waals surface area contributed by atoms with Gasteiger partial charge in [0.1, 0.15) is 11.4 Å². The first-order valence-electron chi connectivity index (χ1n) is 10.7. The maximum absolute atomic E-state index is 13.1. The second kappa shape index (κ2) is 7.65. The molecule has 0 saturated carbocycles. The first-order valence-corrected chi connectivity index (χ1v) is 12.3. The third-order valence-electron chi connectivity index (χ3n) is 6.35. The summed E-state index contributed by atoms with van der Waals surface area (Å²) in [5.74, 6) is -0.202. The van der Waals surface area contributed by atoms with Gasteiger partial charge in [-0.15, -0.1) is 0 Å². The van der Waals surface area contributed by atoms with Crippen molar-refractivity contribution in [1.29, 1.82) is 0 Å². The van der Waals surface area contributed by atoms with Crippen LogP contribution in [0.3, 0.4) is 0 Å². The van der Waals surface area contributed by atoms with Crippen molar-refractivity contribution in [3.63, 3.8) is 0 Å². The second-order valence-corrected chi connectivity index (χ2v) is 11.7. The minimum atomic E-state index is -3.61. The summed E-state index contributed by atoms with van der Waals surface area (Å²) in [6.07, 6.45) is 1.04. The van der Waals surface area contributed by atoms with Crippen molar-refractivity contribution in [3.8, 4) is 5.75 Å². The average molecular weight is 460 g/mol. The molecular formula is C23H29N3O5S. The van der Waals surface area contributed by atoms with Gasteiger partial charge in [-0.05, 0) is 43.5 Å². The molecule has 0 bridgehead atoms. The van der Waals surface area contributed by atoms with Gasteiger partial charge in [-0.3, -0.25) is 9.59 Å². The van der Waals surface area contributed by atoms with Gasteiger partial charge in [-0.2, -0.15) is 0 Å². The van der Waals surface area contributed by atoms with E-state index in [2.05, 4.69) is 4.98 Å². The summed E-state index contributed by atoms with van der Waals surface area (Å²) in [5, 5.41) is -0.624. The normalized spacial score (nSPS) is 21.1. The number of carbonyl (C=O) groups excluding carboxylic acids is 2. The Morgan fingerprint density at radius 3 is 2.41 bits per heavy atom. The molecule has 0 aliphatic carbocycles. The topological polar surface area (TPSA) is 99.8 Å². The molecule has 2 atom stereocenters. The molecule has 2 aliphatic heterocycles. The molecule has 32 heavy (non-hydrogen) atoms. The Morgan fingerprint density at radius 2 is 1.78 bits per heavy atom. The molecule has 0 radical (unpaired) electrons. The molecule has 2 aliphatic rings. The number of anilines is 1. The summed E-state index contributed by atoms with van der Waals surface area (Å²) in [6.45, 7) is 7.46. The average Bonchev–Trinajstić information content (AvgIpc) is 3.22. The van der Waals surface area contributed by atoms with Crippen LogP contribution in [0, 0.1) is 5.92 Å². The molecule has 4 rings (SSSR count). The molecule has 0 saturated heterocycles. The predicted octanol–water partition coefficient (Wildman–Crippen LogP) is 2.79. The molecule has 3 heterocycles. The molecular weight excluding hydrogens is 430 g/mol. The summed E-state index contributed by atoms with van der Waals surface area (Å²) in [7, 11) is -0.251. The van der Waals surface area contributed by atoms with Crippen LogP contribution in [0.4, 0.5) is 5.69 Å². The number of hydrogen-bond acceptors (Lipinski definition) is 5. The first kappa shape index (κ1) is 22.4. The molecule has 8 nitrogen and oxygen atoms in total. The molecule has 1 aromatic carbocycles. The van der Waals surface area contributed by atoms with Gasteiger partial charge >= 0.3 is 0 Å². The van der Waals surface area contributed by atoms with Crippen molar-refractivity contribution >= 4 is 27.3 Å². The first-order chi connectivity index (χ1) is 14.9. The van der Waals surface area contributed by atoms with E-state index in [0.717, 1.165) is 5.56 Å². The van der Waals surface area contributed by atoms with Crippen molar-refractivity contribution in [1.82, 2.24) is 9.88 Å². The molecule has 172 valence electrons. The van der Waals surface area contributed by atoms with Crippen LogP contribution in [0.5, 0.6) is 5.75 Å². The van der Waals surface area contributed by atoms with E-state index in [4.69, 9.17) is 4.74 Å². The Balaban J connectivity index is 1.99. The van der Waals surface area contributed by atoms with Crippen LogP contribution in [0.25, 0.3) is 0 Å². The Kier molecular flexibility index (Phi) is 5.35. The van der Waals surface area contributed by atoms with Crippen LogP contribution in [-0.4, -0.2) is 62.1 Å². The number of carbonyl (C=O) groups is 2. The third kappa shape index (κ3) is 3.30. The zero-order valence-electron chi connectivity index (χ0n) is 19.2. The van der Waals surface area contributed by atoms with Gasteiger partial charge in [0, 0.05) is 38.3 Å². The number of likely N-dealkylation sites (N-methyl/N-ethyl adjacent to an activating group) is 2. The fraction of sp³-hybridized carbons (Fsp3) is 0.478. The number of nitrogens with zero attached hydrogens (tertiary/aromatic N) is 2. The van der Waals surface area contributed by atoms with Gasteiger partial charge < -0.3 is 19.5 Å². The van der Waals surface area contributed by atoms with E-state index in [9.17, 15) is 18.0 Å².